The van der Waals surface area contributed by atoms with Gasteiger partial charge in [-0.2, -0.15) is 0 Å². The summed E-state index contributed by atoms with van der Waals surface area (Å²) in [6, 6.07) is 7.18. The molecular formula is C13H19N3O3. The number of anilines is 1. The Kier molecular flexibility index (Phi) is 6.38. The Hall–Kier alpha value is -2.08. The molecule has 0 aliphatic heterocycles. The Balaban J connectivity index is 2.33. The van der Waals surface area contributed by atoms with Crippen LogP contribution in [-0.4, -0.2) is 39.1 Å². The fourth-order valence-corrected chi connectivity index (χ4v) is 1.47. The van der Waals surface area contributed by atoms with Crippen LogP contribution in [0.2, 0.25) is 0 Å². The van der Waals surface area contributed by atoms with Crippen molar-refractivity contribution in [2.45, 2.75) is 6.42 Å². The predicted octanol–water partition coefficient (Wildman–Crippen LogP) is 0.359. The molecule has 0 saturated heterocycles. The zero-order valence-corrected chi connectivity index (χ0v) is 11.2. The molecule has 3 N–H and O–H groups in total. The van der Waals surface area contributed by atoms with Gasteiger partial charge < -0.3 is 20.7 Å². The molecule has 0 radical (unpaired) electrons. The first-order valence-electron chi connectivity index (χ1n) is 6.01. The molecule has 1 aromatic rings. The summed E-state index contributed by atoms with van der Waals surface area (Å²) in [4.78, 5) is 22.6. The number of nitrogens with one attached hydrogen (secondary N) is 3. The van der Waals surface area contributed by atoms with E-state index in [4.69, 9.17) is 4.74 Å². The normalized spacial score (nSPS) is 9.79. The summed E-state index contributed by atoms with van der Waals surface area (Å²) < 4.78 is 5.13. The molecule has 19 heavy (non-hydrogen) atoms. The van der Waals surface area contributed by atoms with Crippen LogP contribution in [-0.2, 0) is 9.59 Å². The van der Waals surface area contributed by atoms with Crippen LogP contribution in [0.4, 0.5) is 5.69 Å². The second-order valence-electron chi connectivity index (χ2n) is 3.85. The fraction of sp³-hybridized carbons (Fsp3) is 0.385. The SMILES string of the molecule is CNC(=O)CCNCC(=O)Nc1ccccc1OC. The van der Waals surface area contributed by atoms with Crippen LogP contribution >= 0.6 is 0 Å². The summed E-state index contributed by atoms with van der Waals surface area (Å²) >= 11 is 0. The number of ether oxygens (including phenoxy) is 1. The molecular weight excluding hydrogens is 246 g/mol. The number of hydrogen-bond donors (Lipinski definition) is 3. The van der Waals surface area contributed by atoms with Gasteiger partial charge in [0.2, 0.25) is 11.8 Å². The number of benzene rings is 1. The average Bonchev–Trinajstić information content (AvgIpc) is 2.43. The van der Waals surface area contributed by atoms with Crippen LogP contribution in [0.3, 0.4) is 0 Å². The topological polar surface area (TPSA) is 79.5 Å². The largest absolute Gasteiger partial charge is 0.495 e. The maximum absolute atomic E-state index is 11.7. The highest BCUT2D eigenvalue weighted by Gasteiger charge is 2.06. The van der Waals surface area contributed by atoms with Gasteiger partial charge in [-0.15, -0.1) is 0 Å². The molecule has 0 bridgehead atoms. The molecule has 0 aromatic heterocycles. The van der Waals surface area contributed by atoms with Crippen molar-refractivity contribution in [3.05, 3.63) is 24.3 Å². The van der Waals surface area contributed by atoms with E-state index in [9.17, 15) is 9.59 Å². The van der Waals surface area contributed by atoms with Crippen molar-refractivity contribution in [1.82, 2.24) is 10.6 Å². The second kappa shape index (κ2) is 8.10. The molecule has 6 nitrogen and oxygen atoms in total. The first kappa shape index (κ1) is 15.0. The first-order valence-corrected chi connectivity index (χ1v) is 6.01. The zero-order chi connectivity index (χ0) is 14.1. The van der Waals surface area contributed by atoms with E-state index in [1.54, 1.807) is 26.3 Å². The molecule has 104 valence electrons. The zero-order valence-electron chi connectivity index (χ0n) is 11.2. The Morgan fingerprint density at radius 1 is 1.21 bits per heavy atom. The Bertz CT molecular complexity index is 435. The molecule has 1 aromatic carbocycles. The molecule has 0 fully saturated rings. The van der Waals surface area contributed by atoms with Crippen molar-refractivity contribution in [3.8, 4) is 5.75 Å². The van der Waals surface area contributed by atoms with Gasteiger partial charge in [0.05, 0.1) is 19.3 Å². The van der Waals surface area contributed by atoms with Crippen molar-refractivity contribution in [3.63, 3.8) is 0 Å². The monoisotopic (exact) mass is 265 g/mol. The van der Waals surface area contributed by atoms with Crippen molar-refractivity contribution in [2.24, 2.45) is 0 Å². The maximum atomic E-state index is 11.7. The van der Waals surface area contributed by atoms with Gasteiger partial charge >= 0.3 is 0 Å². The van der Waals surface area contributed by atoms with Gasteiger partial charge in [-0.3, -0.25) is 9.59 Å². The third-order valence-electron chi connectivity index (χ3n) is 2.47. The van der Waals surface area contributed by atoms with E-state index in [0.717, 1.165) is 0 Å². The maximum Gasteiger partial charge on any atom is 0.238 e. The van der Waals surface area contributed by atoms with Crippen LogP contribution in [0.15, 0.2) is 24.3 Å². The van der Waals surface area contributed by atoms with Crippen molar-refractivity contribution < 1.29 is 14.3 Å². The van der Waals surface area contributed by atoms with E-state index in [0.29, 0.717) is 24.4 Å². The molecule has 0 heterocycles. The van der Waals surface area contributed by atoms with Gasteiger partial charge in [0.1, 0.15) is 5.75 Å². The standard InChI is InChI=1S/C13H19N3O3/c1-14-12(17)7-8-15-9-13(18)16-10-5-3-4-6-11(10)19-2/h3-6,15H,7-9H2,1-2H3,(H,14,17)(H,16,18). The van der Waals surface area contributed by atoms with E-state index in [2.05, 4.69) is 16.0 Å². The van der Waals surface area contributed by atoms with Crippen molar-refractivity contribution >= 4 is 17.5 Å². The van der Waals surface area contributed by atoms with E-state index in [1.165, 1.54) is 0 Å². The number of rotatable bonds is 7. The molecule has 0 atom stereocenters. The molecule has 0 spiro atoms. The molecule has 1 rings (SSSR count). The lowest BCUT2D eigenvalue weighted by molar-refractivity contribution is -0.121. The van der Waals surface area contributed by atoms with Crippen molar-refractivity contribution in [2.75, 3.05) is 32.6 Å². The van der Waals surface area contributed by atoms with Crippen molar-refractivity contribution in [1.29, 1.82) is 0 Å². The summed E-state index contributed by atoms with van der Waals surface area (Å²) in [6.07, 6.45) is 0.346. The number of hydrogen-bond acceptors (Lipinski definition) is 4. The highest BCUT2D eigenvalue weighted by atomic mass is 16.5. The summed E-state index contributed by atoms with van der Waals surface area (Å²) in [5.74, 6) is 0.375. The summed E-state index contributed by atoms with van der Waals surface area (Å²) in [7, 11) is 3.13. The van der Waals surface area contributed by atoms with Crippen LogP contribution in [0.1, 0.15) is 6.42 Å². The second-order valence-corrected chi connectivity index (χ2v) is 3.85. The van der Waals surface area contributed by atoms with Crippen LogP contribution in [0.5, 0.6) is 5.75 Å². The summed E-state index contributed by atoms with van der Waals surface area (Å²) in [5, 5.41) is 8.14. The molecule has 0 aliphatic rings. The lowest BCUT2D eigenvalue weighted by Gasteiger charge is -2.10. The highest BCUT2D eigenvalue weighted by Crippen LogP contribution is 2.22. The van der Waals surface area contributed by atoms with Crippen LogP contribution in [0.25, 0.3) is 0 Å². The lowest BCUT2D eigenvalue weighted by Crippen LogP contribution is -2.31. The molecule has 0 unspecified atom stereocenters. The van der Waals surface area contributed by atoms with E-state index in [-0.39, 0.29) is 18.4 Å². The van der Waals surface area contributed by atoms with Crippen LogP contribution < -0.4 is 20.7 Å². The van der Waals surface area contributed by atoms with E-state index >= 15 is 0 Å². The third-order valence-corrected chi connectivity index (χ3v) is 2.47. The van der Waals surface area contributed by atoms with Crippen LogP contribution in [0, 0.1) is 0 Å². The Morgan fingerprint density at radius 2 is 1.95 bits per heavy atom. The van der Waals surface area contributed by atoms with Gasteiger partial charge in [0, 0.05) is 20.0 Å². The van der Waals surface area contributed by atoms with Gasteiger partial charge in [-0.25, -0.2) is 0 Å². The highest BCUT2D eigenvalue weighted by molar-refractivity contribution is 5.93. The lowest BCUT2D eigenvalue weighted by atomic mass is 10.3. The van der Waals surface area contributed by atoms with Gasteiger partial charge in [-0.05, 0) is 12.1 Å². The Morgan fingerprint density at radius 3 is 2.63 bits per heavy atom. The third kappa shape index (κ3) is 5.39. The van der Waals surface area contributed by atoms with Gasteiger partial charge in [-0.1, -0.05) is 12.1 Å². The predicted molar refractivity (Wildman–Crippen MR) is 73.2 cm³/mol. The van der Waals surface area contributed by atoms with Gasteiger partial charge in [0.15, 0.2) is 0 Å². The van der Waals surface area contributed by atoms with Gasteiger partial charge in [0.25, 0.3) is 0 Å². The molecule has 2 amide bonds. The summed E-state index contributed by atoms with van der Waals surface area (Å²) in [6.45, 7) is 0.605. The quantitative estimate of drug-likeness (QED) is 0.622. The number of carbonyl (C=O) groups excluding carboxylic acids is 2. The van der Waals surface area contributed by atoms with E-state index in [1.807, 2.05) is 12.1 Å². The fourth-order valence-electron chi connectivity index (χ4n) is 1.47. The number of amides is 2. The summed E-state index contributed by atoms with van der Waals surface area (Å²) in [5.41, 5.74) is 0.628. The molecule has 6 heteroatoms. The first-order chi connectivity index (χ1) is 9.17. The smallest absolute Gasteiger partial charge is 0.238 e. The minimum absolute atomic E-state index is 0.0577. The van der Waals surface area contributed by atoms with E-state index < -0.39 is 0 Å². The molecule has 0 saturated carbocycles. The number of para-hydroxylation sites is 2. The number of methoxy groups -OCH3 is 1. The minimum atomic E-state index is -0.179. The average molecular weight is 265 g/mol. The Labute approximate surface area is 112 Å². The minimum Gasteiger partial charge on any atom is -0.495 e. The molecule has 0 aliphatic carbocycles. The number of carbonyl (C=O) groups is 2.